The van der Waals surface area contributed by atoms with Crippen molar-refractivity contribution in [1.82, 2.24) is 19.6 Å². The summed E-state index contributed by atoms with van der Waals surface area (Å²) in [5.41, 5.74) is 1.67. The van der Waals surface area contributed by atoms with Crippen molar-refractivity contribution in [2.24, 2.45) is 13.0 Å². The Morgan fingerprint density at radius 1 is 1.52 bits per heavy atom. The molecule has 21 heavy (non-hydrogen) atoms. The van der Waals surface area contributed by atoms with E-state index in [0.717, 1.165) is 12.2 Å². The maximum Gasteiger partial charge on any atom is 0.230 e. The van der Waals surface area contributed by atoms with Crippen LogP contribution in [0.25, 0.3) is 0 Å². The smallest absolute Gasteiger partial charge is 0.230 e. The first-order valence-corrected chi connectivity index (χ1v) is 7.12. The lowest BCUT2D eigenvalue weighted by atomic mass is 9.98. The molecule has 1 fully saturated rings. The summed E-state index contributed by atoms with van der Waals surface area (Å²) in [6.45, 7) is 3.37. The van der Waals surface area contributed by atoms with Gasteiger partial charge >= 0.3 is 0 Å². The molecule has 0 aromatic carbocycles. The van der Waals surface area contributed by atoms with Crippen molar-refractivity contribution in [1.29, 1.82) is 0 Å². The van der Waals surface area contributed by atoms with Gasteiger partial charge in [-0.3, -0.25) is 14.2 Å². The number of rotatable bonds is 4. The lowest BCUT2D eigenvalue weighted by molar-refractivity contribution is -0.121. The summed E-state index contributed by atoms with van der Waals surface area (Å²) in [6.07, 6.45) is 5.64. The van der Waals surface area contributed by atoms with E-state index in [1.165, 1.54) is 0 Å². The minimum atomic E-state index is -0.232. The van der Waals surface area contributed by atoms with Gasteiger partial charge in [-0.05, 0) is 19.4 Å². The Kier molecular flexibility index (Phi) is 3.74. The fourth-order valence-corrected chi connectivity index (χ4v) is 2.72. The van der Waals surface area contributed by atoms with E-state index in [9.17, 15) is 4.79 Å². The molecule has 0 radical (unpaired) electrons. The first kappa shape index (κ1) is 13.8. The molecule has 1 aliphatic heterocycles. The summed E-state index contributed by atoms with van der Waals surface area (Å²) in [5.74, 6) is -0.235. The van der Waals surface area contributed by atoms with Gasteiger partial charge in [0.05, 0.1) is 23.5 Å². The van der Waals surface area contributed by atoms with E-state index in [2.05, 4.69) is 15.5 Å². The molecule has 0 aliphatic carbocycles. The second kappa shape index (κ2) is 5.69. The van der Waals surface area contributed by atoms with Gasteiger partial charge in [0.1, 0.15) is 6.10 Å². The van der Waals surface area contributed by atoms with Gasteiger partial charge in [0, 0.05) is 32.6 Å². The van der Waals surface area contributed by atoms with Gasteiger partial charge in [-0.25, -0.2) is 0 Å². The number of ether oxygens (including phenoxy) is 1. The zero-order valence-corrected chi connectivity index (χ0v) is 12.2. The van der Waals surface area contributed by atoms with Gasteiger partial charge in [-0.15, -0.1) is 0 Å². The average Bonchev–Trinajstić information content (AvgIpc) is 3.16. The van der Waals surface area contributed by atoms with E-state index in [1.54, 1.807) is 23.3 Å². The topological polar surface area (TPSA) is 74.0 Å². The monoisotopic (exact) mass is 289 g/mol. The summed E-state index contributed by atoms with van der Waals surface area (Å²) in [5, 5.41) is 11.2. The summed E-state index contributed by atoms with van der Waals surface area (Å²) < 4.78 is 9.31. The Hall–Kier alpha value is -2.15. The highest BCUT2D eigenvalue weighted by atomic mass is 16.5. The normalized spacial score (nSPS) is 21.6. The fourth-order valence-electron chi connectivity index (χ4n) is 2.72. The number of aryl methyl sites for hydroxylation is 2. The molecular weight excluding hydrogens is 270 g/mol. The number of nitrogens with one attached hydrogen (secondary N) is 1. The Bertz CT molecular complexity index is 633. The zero-order valence-electron chi connectivity index (χ0n) is 12.2. The first-order valence-electron chi connectivity index (χ1n) is 7.12. The van der Waals surface area contributed by atoms with Crippen LogP contribution in [0.15, 0.2) is 24.7 Å². The quantitative estimate of drug-likeness (QED) is 0.922. The van der Waals surface area contributed by atoms with E-state index in [-0.39, 0.29) is 17.9 Å². The van der Waals surface area contributed by atoms with E-state index in [1.807, 2.05) is 24.7 Å². The van der Waals surface area contributed by atoms with Crippen LogP contribution in [0, 0.1) is 5.92 Å². The molecule has 0 saturated carbocycles. The maximum atomic E-state index is 12.5. The van der Waals surface area contributed by atoms with Crippen LogP contribution in [-0.2, 0) is 23.1 Å². The molecule has 0 spiro atoms. The molecule has 1 N–H and O–H groups in total. The standard InChI is InChI=1S/C14H19N5O2/c1-3-19-12(4-6-15-19)13-11(5-7-21-13)14(20)17-10-8-16-18(2)9-10/h4,6,8-9,11,13H,3,5,7H2,1-2H3,(H,17,20)/t11-,13-/m1/s1. The Morgan fingerprint density at radius 2 is 2.38 bits per heavy atom. The van der Waals surface area contributed by atoms with Gasteiger partial charge < -0.3 is 10.1 Å². The molecule has 7 heteroatoms. The number of hydrogen-bond donors (Lipinski definition) is 1. The first-order chi connectivity index (χ1) is 10.2. The van der Waals surface area contributed by atoms with Crippen LogP contribution in [-0.4, -0.2) is 32.1 Å². The fraction of sp³-hybridized carbons (Fsp3) is 0.500. The van der Waals surface area contributed by atoms with Crippen LogP contribution in [0.3, 0.4) is 0 Å². The molecule has 2 aromatic rings. The SMILES string of the molecule is CCn1nccc1[C@@H]1OCC[C@H]1C(=O)Nc1cnn(C)c1. The number of carbonyl (C=O) groups excluding carboxylic acids is 1. The summed E-state index contributed by atoms with van der Waals surface area (Å²) in [4.78, 5) is 12.5. The summed E-state index contributed by atoms with van der Waals surface area (Å²) >= 11 is 0. The van der Waals surface area contributed by atoms with E-state index >= 15 is 0 Å². The molecule has 2 aromatic heterocycles. The van der Waals surface area contributed by atoms with Gasteiger partial charge in [0.15, 0.2) is 0 Å². The molecule has 0 bridgehead atoms. The van der Waals surface area contributed by atoms with Gasteiger partial charge in [0.2, 0.25) is 5.91 Å². The number of anilines is 1. The Balaban J connectivity index is 1.76. The molecule has 112 valence electrons. The van der Waals surface area contributed by atoms with E-state index in [0.29, 0.717) is 18.7 Å². The Morgan fingerprint density at radius 3 is 3.10 bits per heavy atom. The molecule has 2 atom stereocenters. The maximum absolute atomic E-state index is 12.5. The van der Waals surface area contributed by atoms with Gasteiger partial charge in [-0.1, -0.05) is 0 Å². The number of nitrogens with zero attached hydrogens (tertiary/aromatic N) is 4. The van der Waals surface area contributed by atoms with Crippen molar-refractivity contribution in [2.75, 3.05) is 11.9 Å². The van der Waals surface area contributed by atoms with Crippen LogP contribution in [0.5, 0.6) is 0 Å². The average molecular weight is 289 g/mol. The van der Waals surface area contributed by atoms with Gasteiger partial charge in [-0.2, -0.15) is 10.2 Å². The predicted molar refractivity (Wildman–Crippen MR) is 76.5 cm³/mol. The van der Waals surface area contributed by atoms with Crippen molar-refractivity contribution < 1.29 is 9.53 Å². The predicted octanol–water partition coefficient (Wildman–Crippen LogP) is 1.35. The number of hydrogen-bond acceptors (Lipinski definition) is 4. The highest BCUT2D eigenvalue weighted by Gasteiger charge is 2.37. The van der Waals surface area contributed by atoms with Crippen molar-refractivity contribution in [3.63, 3.8) is 0 Å². The third kappa shape index (κ3) is 2.69. The molecule has 3 rings (SSSR count). The second-order valence-corrected chi connectivity index (χ2v) is 5.15. The largest absolute Gasteiger partial charge is 0.371 e. The van der Waals surface area contributed by atoms with Crippen molar-refractivity contribution in [3.05, 3.63) is 30.4 Å². The molecule has 3 heterocycles. The number of amides is 1. The van der Waals surface area contributed by atoms with Crippen molar-refractivity contribution >= 4 is 11.6 Å². The van der Waals surface area contributed by atoms with E-state index < -0.39 is 0 Å². The molecule has 7 nitrogen and oxygen atoms in total. The van der Waals surface area contributed by atoms with Crippen LogP contribution in [0.2, 0.25) is 0 Å². The molecule has 1 aliphatic rings. The lowest BCUT2D eigenvalue weighted by Crippen LogP contribution is -2.26. The van der Waals surface area contributed by atoms with Crippen LogP contribution in [0.1, 0.15) is 25.1 Å². The number of carbonyl (C=O) groups is 1. The Labute approximate surface area is 122 Å². The minimum Gasteiger partial charge on any atom is -0.371 e. The van der Waals surface area contributed by atoms with Crippen molar-refractivity contribution in [2.45, 2.75) is 26.0 Å². The molecule has 1 saturated heterocycles. The van der Waals surface area contributed by atoms with Crippen molar-refractivity contribution in [3.8, 4) is 0 Å². The highest BCUT2D eigenvalue weighted by Crippen LogP contribution is 2.35. The molecular formula is C14H19N5O2. The number of aromatic nitrogens is 4. The van der Waals surface area contributed by atoms with Crippen LogP contribution in [0.4, 0.5) is 5.69 Å². The zero-order chi connectivity index (χ0) is 14.8. The third-order valence-corrected chi connectivity index (χ3v) is 3.74. The van der Waals surface area contributed by atoms with Gasteiger partial charge in [0.25, 0.3) is 0 Å². The summed E-state index contributed by atoms with van der Waals surface area (Å²) in [7, 11) is 1.82. The third-order valence-electron chi connectivity index (χ3n) is 3.74. The molecule has 0 unspecified atom stereocenters. The lowest BCUT2D eigenvalue weighted by Gasteiger charge is -2.18. The minimum absolute atomic E-state index is 0.0330. The van der Waals surface area contributed by atoms with Crippen LogP contribution >= 0.6 is 0 Å². The summed E-state index contributed by atoms with van der Waals surface area (Å²) in [6, 6.07) is 1.92. The highest BCUT2D eigenvalue weighted by molar-refractivity contribution is 5.92. The van der Waals surface area contributed by atoms with E-state index in [4.69, 9.17) is 4.74 Å². The van der Waals surface area contributed by atoms with Crippen LogP contribution < -0.4 is 5.32 Å². The second-order valence-electron chi connectivity index (χ2n) is 5.15. The molecule has 1 amide bonds.